The molecular weight excluding hydrogens is 280 g/mol. The summed E-state index contributed by atoms with van der Waals surface area (Å²) in [6, 6.07) is 7.83. The lowest BCUT2D eigenvalue weighted by atomic mass is 10.1. The molecule has 1 aliphatic rings. The van der Waals surface area contributed by atoms with E-state index < -0.39 is 0 Å². The SMILES string of the molecule is C[C@H](Cn1ccnc1)NC(=O)NC[C@@H]1Cc2ccccc2O1. The van der Waals surface area contributed by atoms with Gasteiger partial charge in [-0.1, -0.05) is 18.2 Å². The Morgan fingerprint density at radius 3 is 3.14 bits per heavy atom. The molecule has 2 N–H and O–H groups in total. The number of carbonyl (C=O) groups is 1. The monoisotopic (exact) mass is 300 g/mol. The number of aromatic nitrogens is 2. The lowest BCUT2D eigenvalue weighted by Gasteiger charge is -2.17. The molecule has 1 aliphatic heterocycles. The van der Waals surface area contributed by atoms with E-state index >= 15 is 0 Å². The number of urea groups is 1. The lowest BCUT2D eigenvalue weighted by Crippen LogP contribution is -2.45. The highest BCUT2D eigenvalue weighted by Crippen LogP contribution is 2.27. The first-order valence-electron chi connectivity index (χ1n) is 7.45. The quantitative estimate of drug-likeness (QED) is 0.881. The molecule has 2 heterocycles. The zero-order valence-corrected chi connectivity index (χ0v) is 12.5. The molecule has 3 rings (SSSR count). The van der Waals surface area contributed by atoms with Gasteiger partial charge in [-0.05, 0) is 18.6 Å². The van der Waals surface area contributed by atoms with Crippen molar-refractivity contribution in [2.75, 3.05) is 6.54 Å². The Bertz CT molecular complexity index is 602. The van der Waals surface area contributed by atoms with Crippen LogP contribution in [0.2, 0.25) is 0 Å². The number of benzene rings is 1. The first-order chi connectivity index (χ1) is 10.7. The molecule has 6 heteroatoms. The van der Waals surface area contributed by atoms with Crippen molar-refractivity contribution >= 4 is 6.03 Å². The molecule has 1 aromatic carbocycles. The lowest BCUT2D eigenvalue weighted by molar-refractivity contribution is 0.211. The van der Waals surface area contributed by atoms with Crippen LogP contribution in [0.4, 0.5) is 4.79 Å². The predicted octanol–water partition coefficient (Wildman–Crippen LogP) is 1.57. The van der Waals surface area contributed by atoms with Gasteiger partial charge < -0.3 is 19.9 Å². The van der Waals surface area contributed by atoms with Crippen LogP contribution < -0.4 is 15.4 Å². The maximum absolute atomic E-state index is 11.9. The topological polar surface area (TPSA) is 68.2 Å². The summed E-state index contributed by atoms with van der Waals surface area (Å²) in [7, 11) is 0. The molecule has 0 radical (unpaired) electrons. The number of hydrogen-bond donors (Lipinski definition) is 2. The van der Waals surface area contributed by atoms with Crippen LogP contribution >= 0.6 is 0 Å². The number of nitrogens with one attached hydrogen (secondary N) is 2. The molecule has 1 aromatic heterocycles. The third-order valence-electron chi connectivity index (χ3n) is 3.63. The van der Waals surface area contributed by atoms with E-state index in [2.05, 4.69) is 21.7 Å². The summed E-state index contributed by atoms with van der Waals surface area (Å²) >= 11 is 0. The van der Waals surface area contributed by atoms with Crippen LogP contribution in [0.1, 0.15) is 12.5 Å². The van der Waals surface area contributed by atoms with E-state index in [9.17, 15) is 4.79 Å². The van der Waals surface area contributed by atoms with Crippen molar-refractivity contribution in [3.63, 3.8) is 0 Å². The highest BCUT2D eigenvalue weighted by molar-refractivity contribution is 5.74. The molecular formula is C16H20N4O2. The van der Waals surface area contributed by atoms with Crippen molar-refractivity contribution in [3.05, 3.63) is 48.5 Å². The molecule has 2 aromatic rings. The van der Waals surface area contributed by atoms with Gasteiger partial charge in [-0.25, -0.2) is 9.78 Å². The van der Waals surface area contributed by atoms with Crippen molar-refractivity contribution in [3.8, 4) is 5.75 Å². The smallest absolute Gasteiger partial charge is 0.315 e. The summed E-state index contributed by atoms with van der Waals surface area (Å²) in [5.41, 5.74) is 1.20. The van der Waals surface area contributed by atoms with Crippen LogP contribution in [0.3, 0.4) is 0 Å². The van der Waals surface area contributed by atoms with E-state index in [1.165, 1.54) is 5.56 Å². The number of imidazole rings is 1. The van der Waals surface area contributed by atoms with Gasteiger partial charge >= 0.3 is 6.03 Å². The van der Waals surface area contributed by atoms with Crippen molar-refractivity contribution < 1.29 is 9.53 Å². The van der Waals surface area contributed by atoms with Crippen LogP contribution in [-0.4, -0.2) is 34.3 Å². The zero-order chi connectivity index (χ0) is 15.4. The Morgan fingerprint density at radius 2 is 2.36 bits per heavy atom. The molecule has 22 heavy (non-hydrogen) atoms. The maximum atomic E-state index is 11.9. The molecule has 6 nitrogen and oxygen atoms in total. The second kappa shape index (κ2) is 6.51. The number of carbonyl (C=O) groups excluding carboxylic acids is 1. The maximum Gasteiger partial charge on any atom is 0.315 e. The minimum absolute atomic E-state index is 0.00658. The van der Waals surface area contributed by atoms with Crippen LogP contribution in [0.15, 0.2) is 43.0 Å². The van der Waals surface area contributed by atoms with Gasteiger partial charge in [0.25, 0.3) is 0 Å². The third kappa shape index (κ3) is 3.58. The molecule has 116 valence electrons. The van der Waals surface area contributed by atoms with Gasteiger partial charge in [-0.15, -0.1) is 0 Å². The first-order valence-corrected chi connectivity index (χ1v) is 7.45. The van der Waals surface area contributed by atoms with E-state index in [4.69, 9.17) is 4.74 Å². The summed E-state index contributed by atoms with van der Waals surface area (Å²) in [5.74, 6) is 0.920. The van der Waals surface area contributed by atoms with Crippen LogP contribution in [0.25, 0.3) is 0 Å². The number of amides is 2. The van der Waals surface area contributed by atoms with Crippen molar-refractivity contribution in [2.24, 2.45) is 0 Å². The van der Waals surface area contributed by atoms with Crippen molar-refractivity contribution in [1.29, 1.82) is 0 Å². The van der Waals surface area contributed by atoms with Gasteiger partial charge in [0.15, 0.2) is 0 Å². The molecule has 0 aliphatic carbocycles. The fourth-order valence-electron chi connectivity index (χ4n) is 2.61. The summed E-state index contributed by atoms with van der Waals surface area (Å²) in [5, 5.41) is 5.78. The summed E-state index contributed by atoms with van der Waals surface area (Å²) < 4.78 is 7.72. The molecule has 0 saturated carbocycles. The Balaban J connectivity index is 1.40. The van der Waals surface area contributed by atoms with Gasteiger partial charge in [0, 0.05) is 31.4 Å². The number of fused-ring (bicyclic) bond motifs is 1. The predicted molar refractivity (Wildman–Crippen MR) is 82.8 cm³/mol. The number of nitrogens with zero attached hydrogens (tertiary/aromatic N) is 2. The summed E-state index contributed by atoms with van der Waals surface area (Å²) in [4.78, 5) is 15.9. The van der Waals surface area contributed by atoms with E-state index in [0.29, 0.717) is 13.1 Å². The average molecular weight is 300 g/mol. The van der Waals surface area contributed by atoms with E-state index in [0.717, 1.165) is 12.2 Å². The Kier molecular flexibility index (Phi) is 4.27. The van der Waals surface area contributed by atoms with E-state index in [-0.39, 0.29) is 18.2 Å². The van der Waals surface area contributed by atoms with Gasteiger partial charge in [0.1, 0.15) is 11.9 Å². The zero-order valence-electron chi connectivity index (χ0n) is 12.5. The normalized spacial score (nSPS) is 17.4. The molecule has 0 spiro atoms. The first kappa shape index (κ1) is 14.4. The van der Waals surface area contributed by atoms with Crippen LogP contribution in [0.5, 0.6) is 5.75 Å². The minimum Gasteiger partial charge on any atom is -0.488 e. The van der Waals surface area contributed by atoms with Gasteiger partial charge in [0.2, 0.25) is 0 Å². The summed E-state index contributed by atoms with van der Waals surface area (Å²) in [6.45, 7) is 3.15. The van der Waals surface area contributed by atoms with Crippen LogP contribution in [-0.2, 0) is 13.0 Å². The molecule has 0 fully saturated rings. The average Bonchev–Trinajstić information content (AvgIpc) is 3.13. The summed E-state index contributed by atoms with van der Waals surface area (Å²) in [6.07, 6.45) is 6.18. The van der Waals surface area contributed by atoms with Crippen LogP contribution in [0, 0.1) is 0 Å². The highest BCUT2D eigenvalue weighted by atomic mass is 16.5. The number of hydrogen-bond acceptors (Lipinski definition) is 3. The minimum atomic E-state index is -0.174. The Labute approximate surface area is 129 Å². The second-order valence-corrected chi connectivity index (χ2v) is 5.57. The van der Waals surface area contributed by atoms with E-state index in [1.807, 2.05) is 35.9 Å². The van der Waals surface area contributed by atoms with Gasteiger partial charge in [0.05, 0.1) is 12.9 Å². The molecule has 0 saturated heterocycles. The number of ether oxygens (including phenoxy) is 1. The fourth-order valence-corrected chi connectivity index (χ4v) is 2.61. The van der Waals surface area contributed by atoms with Crippen molar-refractivity contribution in [2.45, 2.75) is 32.0 Å². The van der Waals surface area contributed by atoms with E-state index in [1.54, 1.807) is 12.5 Å². The van der Waals surface area contributed by atoms with Gasteiger partial charge in [-0.2, -0.15) is 0 Å². The Hall–Kier alpha value is -2.50. The molecule has 0 unspecified atom stereocenters. The third-order valence-corrected chi connectivity index (χ3v) is 3.63. The molecule has 0 bridgehead atoms. The largest absolute Gasteiger partial charge is 0.488 e. The van der Waals surface area contributed by atoms with Crippen molar-refractivity contribution in [1.82, 2.24) is 20.2 Å². The fraction of sp³-hybridized carbons (Fsp3) is 0.375. The van der Waals surface area contributed by atoms with Gasteiger partial charge in [-0.3, -0.25) is 0 Å². The molecule has 2 atom stereocenters. The Morgan fingerprint density at radius 1 is 1.50 bits per heavy atom. The second-order valence-electron chi connectivity index (χ2n) is 5.57. The molecule has 2 amide bonds. The highest BCUT2D eigenvalue weighted by Gasteiger charge is 2.22. The number of rotatable bonds is 5. The number of para-hydroxylation sites is 1. The standard InChI is InChI=1S/C16H20N4O2/c1-12(10-20-7-6-17-11-20)19-16(21)18-9-14-8-13-4-2-3-5-15(13)22-14/h2-7,11-12,14H,8-10H2,1H3,(H2,18,19,21)/t12-,14+/m1/s1.